The molecule has 1 amide bonds. The number of nitrogens with zero attached hydrogens (tertiary/aromatic N) is 1. The van der Waals surface area contributed by atoms with Crippen LogP contribution < -0.4 is 5.32 Å². The molecule has 0 bridgehead atoms. The number of benzene rings is 1. The van der Waals surface area contributed by atoms with Crippen molar-refractivity contribution >= 4 is 5.91 Å². The van der Waals surface area contributed by atoms with E-state index in [1.165, 1.54) is 5.56 Å². The minimum atomic E-state index is -0.155. The molecule has 0 atom stereocenters. The normalized spacial score (nSPS) is 21.2. The molecule has 1 aromatic carbocycles. The second kappa shape index (κ2) is 4.64. The molecule has 2 rings (SSSR count). The van der Waals surface area contributed by atoms with Crippen LogP contribution in [0.25, 0.3) is 0 Å². The Morgan fingerprint density at radius 1 is 1.16 bits per heavy atom. The van der Waals surface area contributed by atoms with E-state index in [9.17, 15) is 4.79 Å². The molecule has 3 nitrogen and oxygen atoms in total. The first-order chi connectivity index (χ1) is 8.71. The van der Waals surface area contributed by atoms with Crippen molar-refractivity contribution in [2.45, 2.75) is 45.7 Å². The van der Waals surface area contributed by atoms with Gasteiger partial charge in [0.1, 0.15) is 0 Å². The van der Waals surface area contributed by atoms with Gasteiger partial charge in [-0.05, 0) is 46.8 Å². The molecule has 0 radical (unpaired) electrons. The summed E-state index contributed by atoms with van der Waals surface area (Å²) in [5, 5.41) is 3.50. The Morgan fingerprint density at radius 3 is 2.32 bits per heavy atom. The summed E-state index contributed by atoms with van der Waals surface area (Å²) in [6, 6.07) is 7.83. The second-order valence-electron chi connectivity index (χ2n) is 6.81. The van der Waals surface area contributed by atoms with Gasteiger partial charge in [-0.15, -0.1) is 0 Å². The summed E-state index contributed by atoms with van der Waals surface area (Å²) in [5.74, 6) is 0.125. The molecule has 1 aliphatic heterocycles. The lowest BCUT2D eigenvalue weighted by Crippen LogP contribution is -2.67. The van der Waals surface area contributed by atoms with Crippen LogP contribution in [0.3, 0.4) is 0 Å². The van der Waals surface area contributed by atoms with Crippen molar-refractivity contribution in [2.24, 2.45) is 0 Å². The van der Waals surface area contributed by atoms with Gasteiger partial charge >= 0.3 is 0 Å². The summed E-state index contributed by atoms with van der Waals surface area (Å²) < 4.78 is 0. The van der Waals surface area contributed by atoms with Crippen molar-refractivity contribution in [2.75, 3.05) is 13.1 Å². The van der Waals surface area contributed by atoms with Crippen molar-refractivity contribution < 1.29 is 4.79 Å². The molecule has 1 heterocycles. The zero-order valence-electron chi connectivity index (χ0n) is 12.6. The first-order valence-corrected chi connectivity index (χ1v) is 6.85. The number of piperazine rings is 1. The molecule has 0 unspecified atom stereocenters. The summed E-state index contributed by atoms with van der Waals surface area (Å²) in [6.45, 7) is 12.1. The Kier molecular flexibility index (Phi) is 3.43. The van der Waals surface area contributed by atoms with Crippen LogP contribution in [0.5, 0.6) is 0 Å². The van der Waals surface area contributed by atoms with Crippen LogP contribution in [-0.2, 0) is 0 Å². The maximum atomic E-state index is 12.7. The molecule has 1 saturated heterocycles. The molecule has 1 N–H and O–H groups in total. The van der Waals surface area contributed by atoms with E-state index in [1.54, 1.807) is 0 Å². The second-order valence-corrected chi connectivity index (χ2v) is 6.81. The van der Waals surface area contributed by atoms with Gasteiger partial charge in [0.25, 0.3) is 5.91 Å². The third-order valence-electron chi connectivity index (χ3n) is 3.83. The number of carbonyl (C=O) groups is 1. The highest BCUT2D eigenvalue weighted by Crippen LogP contribution is 2.25. The van der Waals surface area contributed by atoms with Crippen LogP contribution in [0.1, 0.15) is 43.6 Å². The van der Waals surface area contributed by atoms with E-state index in [-0.39, 0.29) is 17.0 Å². The number of aryl methyl sites for hydroxylation is 1. The SMILES string of the molecule is Cc1ccc(C(=O)N2CC(C)(C)NCC2(C)C)cc1. The van der Waals surface area contributed by atoms with E-state index in [4.69, 9.17) is 0 Å². The molecule has 3 heteroatoms. The lowest BCUT2D eigenvalue weighted by atomic mass is 9.90. The van der Waals surface area contributed by atoms with Gasteiger partial charge in [0.15, 0.2) is 0 Å². The smallest absolute Gasteiger partial charge is 0.254 e. The average molecular weight is 260 g/mol. The highest BCUT2D eigenvalue weighted by atomic mass is 16.2. The number of rotatable bonds is 1. The molecule has 0 spiro atoms. The number of hydrogen-bond acceptors (Lipinski definition) is 2. The van der Waals surface area contributed by atoms with Crippen molar-refractivity contribution in [3.8, 4) is 0 Å². The van der Waals surface area contributed by atoms with Gasteiger partial charge in [0, 0.05) is 24.2 Å². The van der Waals surface area contributed by atoms with Gasteiger partial charge in [-0.25, -0.2) is 0 Å². The number of carbonyl (C=O) groups excluding carboxylic acids is 1. The Bertz CT molecular complexity index is 474. The van der Waals surface area contributed by atoms with Gasteiger partial charge in [-0.2, -0.15) is 0 Å². The quantitative estimate of drug-likeness (QED) is 0.842. The zero-order valence-corrected chi connectivity index (χ0v) is 12.6. The Hall–Kier alpha value is -1.35. The lowest BCUT2D eigenvalue weighted by Gasteiger charge is -2.49. The summed E-state index contributed by atoms with van der Waals surface area (Å²) in [7, 11) is 0. The molecular weight excluding hydrogens is 236 g/mol. The fourth-order valence-corrected chi connectivity index (χ4v) is 2.41. The summed E-state index contributed by atoms with van der Waals surface area (Å²) in [6.07, 6.45) is 0. The van der Waals surface area contributed by atoms with Crippen LogP contribution in [0.4, 0.5) is 0 Å². The molecule has 0 aliphatic carbocycles. The predicted octanol–water partition coefficient (Wildman–Crippen LogP) is 2.60. The highest BCUT2D eigenvalue weighted by Gasteiger charge is 2.40. The largest absolute Gasteiger partial charge is 0.330 e. The predicted molar refractivity (Wildman–Crippen MR) is 78.4 cm³/mol. The molecule has 0 saturated carbocycles. The van der Waals surface area contributed by atoms with E-state index in [0.29, 0.717) is 0 Å². The van der Waals surface area contributed by atoms with Gasteiger partial charge < -0.3 is 10.2 Å². The van der Waals surface area contributed by atoms with E-state index < -0.39 is 0 Å². The fourth-order valence-electron chi connectivity index (χ4n) is 2.41. The summed E-state index contributed by atoms with van der Waals surface area (Å²) in [4.78, 5) is 14.7. The maximum absolute atomic E-state index is 12.7. The van der Waals surface area contributed by atoms with Gasteiger partial charge in [0.05, 0.1) is 5.54 Å². The van der Waals surface area contributed by atoms with Crippen LogP contribution in [0.15, 0.2) is 24.3 Å². The minimum Gasteiger partial charge on any atom is -0.330 e. The molecule has 19 heavy (non-hydrogen) atoms. The first-order valence-electron chi connectivity index (χ1n) is 6.85. The van der Waals surface area contributed by atoms with Gasteiger partial charge in [0.2, 0.25) is 0 Å². The standard InChI is InChI=1S/C16H24N2O/c1-12-6-8-13(9-7-12)14(19)18-11-15(2,3)17-10-16(18,4)5/h6-9,17H,10-11H2,1-5H3. The van der Waals surface area contributed by atoms with E-state index >= 15 is 0 Å². The topological polar surface area (TPSA) is 32.3 Å². The van der Waals surface area contributed by atoms with Gasteiger partial charge in [-0.3, -0.25) is 4.79 Å². The summed E-state index contributed by atoms with van der Waals surface area (Å²) in [5.41, 5.74) is 1.76. The molecular formula is C16H24N2O. The fraction of sp³-hybridized carbons (Fsp3) is 0.562. The van der Waals surface area contributed by atoms with Crippen molar-refractivity contribution in [3.05, 3.63) is 35.4 Å². The Labute approximate surface area is 116 Å². The van der Waals surface area contributed by atoms with Crippen LogP contribution in [0, 0.1) is 6.92 Å². The maximum Gasteiger partial charge on any atom is 0.254 e. The Balaban J connectivity index is 2.27. The molecule has 1 aliphatic rings. The average Bonchev–Trinajstić information content (AvgIpc) is 2.33. The van der Waals surface area contributed by atoms with Crippen LogP contribution in [0.2, 0.25) is 0 Å². The molecule has 1 fully saturated rings. The van der Waals surface area contributed by atoms with E-state index in [1.807, 2.05) is 36.1 Å². The first kappa shape index (κ1) is 14.1. The summed E-state index contributed by atoms with van der Waals surface area (Å²) >= 11 is 0. The van der Waals surface area contributed by atoms with Crippen LogP contribution >= 0.6 is 0 Å². The van der Waals surface area contributed by atoms with Crippen molar-refractivity contribution in [1.29, 1.82) is 0 Å². The highest BCUT2D eigenvalue weighted by molar-refractivity contribution is 5.95. The Morgan fingerprint density at radius 2 is 1.74 bits per heavy atom. The third kappa shape index (κ3) is 2.98. The third-order valence-corrected chi connectivity index (χ3v) is 3.83. The van der Waals surface area contributed by atoms with Gasteiger partial charge in [-0.1, -0.05) is 17.7 Å². The number of hydrogen-bond donors (Lipinski definition) is 1. The van der Waals surface area contributed by atoms with Crippen molar-refractivity contribution in [3.63, 3.8) is 0 Å². The number of amides is 1. The molecule has 104 valence electrons. The van der Waals surface area contributed by atoms with E-state index in [2.05, 4.69) is 33.0 Å². The minimum absolute atomic E-state index is 0.0319. The van der Waals surface area contributed by atoms with Crippen molar-refractivity contribution in [1.82, 2.24) is 10.2 Å². The zero-order chi connectivity index (χ0) is 14.3. The van der Waals surface area contributed by atoms with Crippen LogP contribution in [-0.4, -0.2) is 35.0 Å². The lowest BCUT2D eigenvalue weighted by molar-refractivity contribution is 0.0281. The number of nitrogens with one attached hydrogen (secondary N) is 1. The molecule has 0 aromatic heterocycles. The van der Waals surface area contributed by atoms with E-state index in [0.717, 1.165) is 18.7 Å². The monoisotopic (exact) mass is 260 g/mol. The molecule has 1 aromatic rings.